The van der Waals surface area contributed by atoms with E-state index in [0.717, 1.165) is 45.4 Å². The van der Waals surface area contributed by atoms with E-state index in [9.17, 15) is 0 Å². The van der Waals surface area contributed by atoms with Crippen LogP contribution in [0.4, 0.5) is 0 Å². The van der Waals surface area contributed by atoms with Crippen LogP contribution in [0.5, 0.6) is 0 Å². The van der Waals surface area contributed by atoms with Gasteiger partial charge >= 0.3 is 0 Å². The molecule has 0 aliphatic heterocycles. The standard InChI is InChI=1S/C21H32N4/c22-20(14-18-8-3-1-4-9-18)16-24-12-7-13-25-17-21(23)15-19-10-5-2-6-11-19/h1-6,8-11,20-21,24-25H,7,12-17,22-23H2/t20-,21-/m0/s1. The van der Waals surface area contributed by atoms with Crippen molar-refractivity contribution in [3.05, 3.63) is 71.8 Å². The average molecular weight is 341 g/mol. The Balaban J connectivity index is 1.45. The molecular weight excluding hydrogens is 308 g/mol. The maximum Gasteiger partial charge on any atom is 0.0206 e. The highest BCUT2D eigenvalue weighted by Gasteiger charge is 2.04. The van der Waals surface area contributed by atoms with E-state index in [2.05, 4.69) is 59.2 Å². The fourth-order valence-corrected chi connectivity index (χ4v) is 2.89. The van der Waals surface area contributed by atoms with Crippen molar-refractivity contribution >= 4 is 0 Å². The summed E-state index contributed by atoms with van der Waals surface area (Å²) in [6, 6.07) is 21.1. The first-order valence-corrected chi connectivity index (χ1v) is 9.24. The van der Waals surface area contributed by atoms with Crippen LogP contribution in [0.15, 0.2) is 60.7 Å². The van der Waals surface area contributed by atoms with Gasteiger partial charge in [0.25, 0.3) is 0 Å². The van der Waals surface area contributed by atoms with Crippen LogP contribution in [0.25, 0.3) is 0 Å². The third-order valence-electron chi connectivity index (χ3n) is 4.20. The van der Waals surface area contributed by atoms with E-state index in [1.165, 1.54) is 11.1 Å². The zero-order valence-electron chi connectivity index (χ0n) is 15.0. The minimum Gasteiger partial charge on any atom is -0.326 e. The van der Waals surface area contributed by atoms with Crippen LogP contribution in [0.3, 0.4) is 0 Å². The minimum atomic E-state index is 0.162. The molecule has 6 N–H and O–H groups in total. The first kappa shape index (κ1) is 19.6. The Hall–Kier alpha value is -1.72. The highest BCUT2D eigenvalue weighted by atomic mass is 14.9. The maximum atomic E-state index is 6.16. The van der Waals surface area contributed by atoms with Crippen molar-refractivity contribution in [3.8, 4) is 0 Å². The van der Waals surface area contributed by atoms with Crippen LogP contribution in [0.2, 0.25) is 0 Å². The molecule has 2 aromatic carbocycles. The van der Waals surface area contributed by atoms with Gasteiger partial charge in [0.2, 0.25) is 0 Å². The van der Waals surface area contributed by atoms with Crippen LogP contribution in [0, 0.1) is 0 Å². The summed E-state index contributed by atoms with van der Waals surface area (Å²) in [5.74, 6) is 0. The maximum absolute atomic E-state index is 6.16. The first-order chi connectivity index (χ1) is 12.2. The van der Waals surface area contributed by atoms with Crippen molar-refractivity contribution in [2.24, 2.45) is 11.5 Å². The Bertz CT molecular complexity index is 507. The Morgan fingerprint density at radius 3 is 1.44 bits per heavy atom. The van der Waals surface area contributed by atoms with E-state index in [0.29, 0.717) is 0 Å². The number of hydrogen-bond donors (Lipinski definition) is 4. The second-order valence-electron chi connectivity index (χ2n) is 6.66. The molecule has 0 aromatic heterocycles. The van der Waals surface area contributed by atoms with Crippen LogP contribution < -0.4 is 22.1 Å². The summed E-state index contributed by atoms with van der Waals surface area (Å²) < 4.78 is 0. The minimum absolute atomic E-state index is 0.162. The van der Waals surface area contributed by atoms with Gasteiger partial charge in [-0.25, -0.2) is 0 Å². The third-order valence-corrected chi connectivity index (χ3v) is 4.20. The Kier molecular flexibility index (Phi) is 9.23. The summed E-state index contributed by atoms with van der Waals surface area (Å²) in [5.41, 5.74) is 14.9. The van der Waals surface area contributed by atoms with Crippen molar-refractivity contribution in [1.82, 2.24) is 10.6 Å². The number of hydrogen-bond acceptors (Lipinski definition) is 4. The third kappa shape index (κ3) is 8.79. The number of nitrogens with two attached hydrogens (primary N) is 2. The largest absolute Gasteiger partial charge is 0.326 e. The zero-order valence-corrected chi connectivity index (χ0v) is 15.0. The predicted molar refractivity (Wildman–Crippen MR) is 107 cm³/mol. The average Bonchev–Trinajstić information content (AvgIpc) is 2.62. The molecule has 4 heteroatoms. The van der Waals surface area contributed by atoms with Crippen molar-refractivity contribution in [2.75, 3.05) is 26.2 Å². The summed E-state index contributed by atoms with van der Waals surface area (Å²) in [5, 5.41) is 6.87. The molecule has 0 heterocycles. The monoisotopic (exact) mass is 340 g/mol. The lowest BCUT2D eigenvalue weighted by Crippen LogP contribution is -2.38. The molecule has 2 rings (SSSR count). The molecule has 0 fully saturated rings. The van der Waals surface area contributed by atoms with Gasteiger partial charge in [-0.05, 0) is 43.5 Å². The fourth-order valence-electron chi connectivity index (χ4n) is 2.89. The Morgan fingerprint density at radius 2 is 1.04 bits per heavy atom. The molecule has 0 saturated carbocycles. The molecule has 136 valence electrons. The fraction of sp³-hybridized carbons (Fsp3) is 0.429. The van der Waals surface area contributed by atoms with E-state index in [4.69, 9.17) is 11.5 Å². The summed E-state index contributed by atoms with van der Waals surface area (Å²) in [6.07, 6.45) is 2.91. The van der Waals surface area contributed by atoms with Crippen LogP contribution >= 0.6 is 0 Å². The molecule has 0 amide bonds. The molecule has 25 heavy (non-hydrogen) atoms. The van der Waals surface area contributed by atoms with Gasteiger partial charge in [-0.3, -0.25) is 0 Å². The number of nitrogens with one attached hydrogen (secondary N) is 2. The van der Waals surface area contributed by atoms with Crippen molar-refractivity contribution in [2.45, 2.75) is 31.3 Å². The predicted octanol–water partition coefficient (Wildman–Crippen LogP) is 1.70. The van der Waals surface area contributed by atoms with Gasteiger partial charge < -0.3 is 22.1 Å². The molecule has 4 nitrogen and oxygen atoms in total. The highest BCUT2D eigenvalue weighted by molar-refractivity contribution is 5.16. The van der Waals surface area contributed by atoms with Crippen molar-refractivity contribution < 1.29 is 0 Å². The molecule has 0 unspecified atom stereocenters. The normalized spacial score (nSPS) is 13.5. The lowest BCUT2D eigenvalue weighted by molar-refractivity contribution is 0.527. The molecule has 0 bridgehead atoms. The van der Waals surface area contributed by atoms with Crippen molar-refractivity contribution in [3.63, 3.8) is 0 Å². The first-order valence-electron chi connectivity index (χ1n) is 9.24. The molecule has 0 aliphatic carbocycles. The number of benzene rings is 2. The van der Waals surface area contributed by atoms with Gasteiger partial charge in [0.1, 0.15) is 0 Å². The van der Waals surface area contributed by atoms with Gasteiger partial charge in [0.15, 0.2) is 0 Å². The molecule has 0 radical (unpaired) electrons. The second kappa shape index (κ2) is 11.8. The lowest BCUT2D eigenvalue weighted by atomic mass is 10.1. The van der Waals surface area contributed by atoms with E-state index in [1.807, 2.05) is 12.1 Å². The van der Waals surface area contributed by atoms with Gasteiger partial charge in [0, 0.05) is 25.2 Å². The molecule has 2 atom stereocenters. The topological polar surface area (TPSA) is 76.1 Å². The quantitative estimate of drug-likeness (QED) is 0.444. The SMILES string of the molecule is N[C@H](CNCCCNC[C@@H](N)Cc1ccccc1)Cc1ccccc1. The van der Waals surface area contributed by atoms with E-state index in [-0.39, 0.29) is 12.1 Å². The zero-order chi connectivity index (χ0) is 17.7. The lowest BCUT2D eigenvalue weighted by Gasteiger charge is -2.14. The summed E-state index contributed by atoms with van der Waals surface area (Å²) in [6.45, 7) is 3.65. The van der Waals surface area contributed by atoms with E-state index in [1.54, 1.807) is 0 Å². The van der Waals surface area contributed by atoms with Gasteiger partial charge in [-0.15, -0.1) is 0 Å². The van der Waals surface area contributed by atoms with E-state index < -0.39 is 0 Å². The van der Waals surface area contributed by atoms with Crippen LogP contribution in [-0.4, -0.2) is 38.3 Å². The van der Waals surface area contributed by atoms with Crippen LogP contribution in [-0.2, 0) is 12.8 Å². The summed E-state index contributed by atoms with van der Waals surface area (Å²) in [7, 11) is 0. The Morgan fingerprint density at radius 1 is 0.640 bits per heavy atom. The highest BCUT2D eigenvalue weighted by Crippen LogP contribution is 2.02. The molecule has 0 spiro atoms. The summed E-state index contributed by atoms with van der Waals surface area (Å²) >= 11 is 0. The van der Waals surface area contributed by atoms with Gasteiger partial charge in [-0.1, -0.05) is 60.7 Å². The van der Waals surface area contributed by atoms with E-state index >= 15 is 0 Å². The molecular formula is C21H32N4. The Labute approximate surface area is 152 Å². The summed E-state index contributed by atoms with van der Waals surface area (Å²) in [4.78, 5) is 0. The molecule has 0 saturated heterocycles. The number of rotatable bonds is 12. The van der Waals surface area contributed by atoms with Gasteiger partial charge in [0.05, 0.1) is 0 Å². The molecule has 2 aromatic rings. The van der Waals surface area contributed by atoms with Crippen molar-refractivity contribution in [1.29, 1.82) is 0 Å². The smallest absolute Gasteiger partial charge is 0.0206 e. The second-order valence-corrected chi connectivity index (χ2v) is 6.66. The van der Waals surface area contributed by atoms with Crippen LogP contribution in [0.1, 0.15) is 17.5 Å². The van der Waals surface area contributed by atoms with Gasteiger partial charge in [-0.2, -0.15) is 0 Å². The molecule has 0 aliphatic rings.